The van der Waals surface area contributed by atoms with Crippen LogP contribution in [0.15, 0.2) is 12.1 Å². The monoisotopic (exact) mass is 299 g/mol. The number of carbonyl (C=O) groups excluding carboxylic acids is 1. The summed E-state index contributed by atoms with van der Waals surface area (Å²) in [6.45, 7) is 4.33. The second kappa shape index (κ2) is 6.38. The molecular weight excluding hydrogens is 278 g/mol. The molecule has 0 bridgehead atoms. The van der Waals surface area contributed by atoms with Crippen LogP contribution in [0.4, 0.5) is 0 Å². The molecule has 1 atom stereocenters. The lowest BCUT2D eigenvalue weighted by Gasteiger charge is -2.36. The summed E-state index contributed by atoms with van der Waals surface area (Å²) in [5.74, 6) is 1.03. The third-order valence-corrected chi connectivity index (χ3v) is 5.61. The molecule has 0 aromatic carbocycles. The molecule has 0 saturated heterocycles. The van der Waals surface area contributed by atoms with Crippen molar-refractivity contribution in [3.05, 3.63) is 21.3 Å². The van der Waals surface area contributed by atoms with E-state index < -0.39 is 0 Å². The molecule has 1 aromatic rings. The summed E-state index contributed by atoms with van der Waals surface area (Å²) in [5, 5.41) is 0. The number of likely N-dealkylation sites (N-methyl/N-ethyl adjacent to an activating group) is 1. The summed E-state index contributed by atoms with van der Waals surface area (Å²) in [5.41, 5.74) is 0. The first-order chi connectivity index (χ1) is 8.99. The standard InChI is InChI=1S/C15H22ClNOS/c1-10-4-6-12(7-5-10)17(3)11(2)15(18)13-8-9-14(16)19-13/h8-12H,4-7H2,1-3H3. The summed E-state index contributed by atoms with van der Waals surface area (Å²) in [4.78, 5) is 15.4. The highest BCUT2D eigenvalue weighted by molar-refractivity contribution is 7.18. The Morgan fingerprint density at radius 2 is 2.00 bits per heavy atom. The van der Waals surface area contributed by atoms with E-state index in [0.717, 1.165) is 10.8 Å². The average molecular weight is 300 g/mol. The Hall–Kier alpha value is -0.380. The van der Waals surface area contributed by atoms with Gasteiger partial charge in [-0.05, 0) is 57.7 Å². The van der Waals surface area contributed by atoms with E-state index in [1.807, 2.05) is 13.0 Å². The second-order valence-corrected chi connectivity index (χ2v) is 7.44. The highest BCUT2D eigenvalue weighted by Gasteiger charge is 2.28. The Balaban J connectivity index is 1.98. The maximum absolute atomic E-state index is 12.4. The fourth-order valence-corrected chi connectivity index (χ4v) is 3.87. The molecule has 0 aliphatic heterocycles. The smallest absolute Gasteiger partial charge is 0.189 e. The van der Waals surface area contributed by atoms with Gasteiger partial charge in [0.15, 0.2) is 5.78 Å². The van der Waals surface area contributed by atoms with Gasteiger partial charge < -0.3 is 0 Å². The summed E-state index contributed by atoms with van der Waals surface area (Å²) < 4.78 is 0.685. The van der Waals surface area contributed by atoms with Crippen LogP contribution in [0.25, 0.3) is 0 Å². The van der Waals surface area contributed by atoms with Crippen LogP contribution in [0.3, 0.4) is 0 Å². The SMILES string of the molecule is CC1CCC(N(C)C(C)C(=O)c2ccc(Cl)s2)CC1. The predicted octanol–water partition coefficient (Wildman–Crippen LogP) is 4.48. The van der Waals surface area contributed by atoms with Gasteiger partial charge in [-0.25, -0.2) is 0 Å². The number of carbonyl (C=O) groups is 1. The fourth-order valence-electron chi connectivity index (χ4n) is 2.80. The van der Waals surface area contributed by atoms with Crippen LogP contribution in [-0.4, -0.2) is 29.8 Å². The number of rotatable bonds is 4. The lowest BCUT2D eigenvalue weighted by atomic mass is 9.86. The summed E-state index contributed by atoms with van der Waals surface area (Å²) >= 11 is 7.28. The van der Waals surface area contributed by atoms with E-state index in [0.29, 0.717) is 10.4 Å². The normalized spacial score (nSPS) is 25.5. The van der Waals surface area contributed by atoms with Gasteiger partial charge in [0.05, 0.1) is 15.3 Å². The highest BCUT2D eigenvalue weighted by Crippen LogP contribution is 2.29. The molecule has 19 heavy (non-hydrogen) atoms. The topological polar surface area (TPSA) is 20.3 Å². The Bertz CT molecular complexity index is 437. The number of Topliss-reactive ketones (excluding diaryl/α,β-unsaturated/α-hetero) is 1. The van der Waals surface area contributed by atoms with Crippen molar-refractivity contribution in [3.8, 4) is 0 Å². The van der Waals surface area contributed by atoms with Crippen LogP contribution in [0.1, 0.15) is 49.2 Å². The van der Waals surface area contributed by atoms with Gasteiger partial charge in [-0.2, -0.15) is 0 Å². The van der Waals surface area contributed by atoms with Crippen molar-refractivity contribution in [2.24, 2.45) is 5.92 Å². The summed E-state index contributed by atoms with van der Waals surface area (Å²) in [6, 6.07) is 4.12. The van der Waals surface area contributed by atoms with Crippen LogP contribution in [0.5, 0.6) is 0 Å². The van der Waals surface area contributed by atoms with Gasteiger partial charge in [-0.15, -0.1) is 11.3 Å². The maximum Gasteiger partial charge on any atom is 0.189 e. The van der Waals surface area contributed by atoms with Crippen LogP contribution >= 0.6 is 22.9 Å². The third kappa shape index (κ3) is 3.59. The molecule has 2 nitrogen and oxygen atoms in total. The molecule has 1 unspecified atom stereocenters. The first-order valence-corrected chi connectivity index (χ1v) is 8.20. The van der Waals surface area contributed by atoms with Crippen molar-refractivity contribution >= 4 is 28.7 Å². The average Bonchev–Trinajstić information content (AvgIpc) is 2.84. The summed E-state index contributed by atoms with van der Waals surface area (Å²) in [6.07, 6.45) is 4.97. The van der Waals surface area contributed by atoms with Gasteiger partial charge in [-0.3, -0.25) is 9.69 Å². The third-order valence-electron chi connectivity index (χ3n) is 4.37. The molecule has 0 radical (unpaired) electrons. The zero-order chi connectivity index (χ0) is 14.0. The largest absolute Gasteiger partial charge is 0.294 e. The molecule has 106 valence electrons. The quantitative estimate of drug-likeness (QED) is 0.764. The Kier molecular flexibility index (Phi) is 5.04. The highest BCUT2D eigenvalue weighted by atomic mass is 35.5. The van der Waals surface area contributed by atoms with Crippen molar-refractivity contribution in [2.75, 3.05) is 7.05 Å². The molecule has 1 saturated carbocycles. The molecule has 1 fully saturated rings. The maximum atomic E-state index is 12.4. The fraction of sp³-hybridized carbons (Fsp3) is 0.667. The van der Waals surface area contributed by atoms with E-state index >= 15 is 0 Å². The number of ketones is 1. The second-order valence-electron chi connectivity index (χ2n) is 5.72. The summed E-state index contributed by atoms with van der Waals surface area (Å²) in [7, 11) is 2.08. The minimum absolute atomic E-state index is 0.0619. The number of hydrogen-bond acceptors (Lipinski definition) is 3. The van der Waals surface area contributed by atoms with E-state index in [2.05, 4.69) is 18.9 Å². The molecule has 1 heterocycles. The van der Waals surface area contributed by atoms with Crippen molar-refractivity contribution in [3.63, 3.8) is 0 Å². The number of halogens is 1. The molecule has 1 aliphatic rings. The minimum Gasteiger partial charge on any atom is -0.294 e. The van der Waals surface area contributed by atoms with E-state index in [4.69, 9.17) is 11.6 Å². The van der Waals surface area contributed by atoms with Gasteiger partial charge in [0, 0.05) is 6.04 Å². The number of hydrogen-bond donors (Lipinski definition) is 0. The first-order valence-electron chi connectivity index (χ1n) is 7.00. The van der Waals surface area contributed by atoms with E-state index in [1.165, 1.54) is 37.0 Å². The number of nitrogens with zero attached hydrogens (tertiary/aromatic N) is 1. The Labute approximate surface area is 124 Å². The minimum atomic E-state index is -0.0619. The molecule has 0 amide bonds. The molecule has 0 N–H and O–H groups in total. The van der Waals surface area contributed by atoms with Gasteiger partial charge in [0.2, 0.25) is 0 Å². The molecular formula is C15H22ClNOS. The van der Waals surface area contributed by atoms with Crippen molar-refractivity contribution < 1.29 is 4.79 Å². The predicted molar refractivity (Wildman–Crippen MR) is 82.3 cm³/mol. The van der Waals surface area contributed by atoms with Gasteiger partial charge in [0.25, 0.3) is 0 Å². The van der Waals surface area contributed by atoms with Crippen LogP contribution < -0.4 is 0 Å². The van der Waals surface area contributed by atoms with E-state index in [9.17, 15) is 4.79 Å². The zero-order valence-electron chi connectivity index (χ0n) is 11.9. The van der Waals surface area contributed by atoms with E-state index in [1.54, 1.807) is 6.07 Å². The lowest BCUT2D eigenvalue weighted by molar-refractivity contribution is 0.0763. The van der Waals surface area contributed by atoms with Crippen molar-refractivity contribution in [2.45, 2.75) is 51.6 Å². The Morgan fingerprint density at radius 1 is 1.37 bits per heavy atom. The van der Waals surface area contributed by atoms with E-state index in [-0.39, 0.29) is 11.8 Å². The van der Waals surface area contributed by atoms with Gasteiger partial charge in [0.1, 0.15) is 0 Å². The first kappa shape index (κ1) is 15.0. The molecule has 1 aromatic heterocycles. The van der Waals surface area contributed by atoms with Crippen LogP contribution in [0.2, 0.25) is 4.34 Å². The molecule has 0 spiro atoms. The number of thiophene rings is 1. The van der Waals surface area contributed by atoms with Crippen LogP contribution in [0, 0.1) is 5.92 Å². The van der Waals surface area contributed by atoms with Gasteiger partial charge in [-0.1, -0.05) is 18.5 Å². The van der Waals surface area contributed by atoms with Gasteiger partial charge >= 0.3 is 0 Å². The molecule has 4 heteroatoms. The van der Waals surface area contributed by atoms with Crippen molar-refractivity contribution in [1.29, 1.82) is 0 Å². The van der Waals surface area contributed by atoms with Crippen molar-refractivity contribution in [1.82, 2.24) is 4.90 Å². The van der Waals surface area contributed by atoms with Crippen LogP contribution in [-0.2, 0) is 0 Å². The lowest BCUT2D eigenvalue weighted by Crippen LogP contribution is -2.44. The molecule has 2 rings (SSSR count). The zero-order valence-corrected chi connectivity index (χ0v) is 13.4. The Morgan fingerprint density at radius 3 is 2.53 bits per heavy atom. The molecule has 1 aliphatic carbocycles.